The molecule has 0 bridgehead atoms. The van der Waals surface area contributed by atoms with Gasteiger partial charge in [-0.1, -0.05) is 0 Å². The highest BCUT2D eigenvalue weighted by molar-refractivity contribution is 6.50. The van der Waals surface area contributed by atoms with Crippen LogP contribution in [0.25, 0.3) is 0 Å². The summed E-state index contributed by atoms with van der Waals surface area (Å²) in [5, 5.41) is 3.30. The molecule has 0 rings (SSSR count). The predicted octanol–water partition coefficient (Wildman–Crippen LogP) is 0.208. The molecular weight excluding hydrogens is 196 g/mol. The van der Waals surface area contributed by atoms with E-state index in [1.807, 2.05) is 6.92 Å². The second-order valence-electron chi connectivity index (χ2n) is 3.47. The van der Waals surface area contributed by atoms with Gasteiger partial charge in [0.15, 0.2) is 0 Å². The SMILES string of the molecule is COCCO[Si](C)CCNCC(C)N. The second-order valence-corrected chi connectivity index (χ2v) is 5.67. The number of hydrogen-bond acceptors (Lipinski definition) is 4. The van der Waals surface area contributed by atoms with E-state index in [2.05, 4.69) is 11.9 Å². The molecule has 1 atom stereocenters. The maximum atomic E-state index is 5.61. The molecule has 0 spiro atoms. The van der Waals surface area contributed by atoms with Gasteiger partial charge in [0.2, 0.25) is 9.04 Å². The van der Waals surface area contributed by atoms with Crippen LogP contribution < -0.4 is 11.1 Å². The Hall–Kier alpha value is 0.0569. The van der Waals surface area contributed by atoms with Crippen LogP contribution in [0.1, 0.15) is 6.92 Å². The lowest BCUT2D eigenvalue weighted by Gasteiger charge is -2.11. The Labute approximate surface area is 88.9 Å². The largest absolute Gasteiger partial charge is 0.415 e. The van der Waals surface area contributed by atoms with Crippen molar-refractivity contribution in [2.75, 3.05) is 33.4 Å². The molecule has 0 aliphatic carbocycles. The molecule has 0 heterocycles. The standard InChI is InChI=1S/C9H23N2O2Si/c1-9(10)8-11-4-7-14(3)13-6-5-12-2/h9,11H,4-8,10H2,1-3H3. The van der Waals surface area contributed by atoms with Crippen molar-refractivity contribution in [3.63, 3.8) is 0 Å². The Bertz CT molecular complexity index is 125. The fourth-order valence-corrected chi connectivity index (χ4v) is 2.07. The highest BCUT2D eigenvalue weighted by Crippen LogP contribution is 1.92. The molecule has 0 aromatic carbocycles. The summed E-state index contributed by atoms with van der Waals surface area (Å²) < 4.78 is 10.5. The molecule has 0 amide bonds. The van der Waals surface area contributed by atoms with E-state index in [4.69, 9.17) is 14.9 Å². The number of hydrogen-bond donors (Lipinski definition) is 2. The van der Waals surface area contributed by atoms with E-state index in [1.54, 1.807) is 7.11 Å². The summed E-state index contributed by atoms with van der Waals surface area (Å²) >= 11 is 0. The van der Waals surface area contributed by atoms with Crippen molar-refractivity contribution in [2.24, 2.45) is 5.73 Å². The normalized spacial score (nSPS) is 13.5. The van der Waals surface area contributed by atoms with E-state index >= 15 is 0 Å². The smallest absolute Gasteiger partial charge is 0.209 e. The van der Waals surface area contributed by atoms with E-state index in [-0.39, 0.29) is 6.04 Å². The molecule has 14 heavy (non-hydrogen) atoms. The first-order valence-electron chi connectivity index (χ1n) is 5.07. The minimum atomic E-state index is -0.643. The minimum Gasteiger partial charge on any atom is -0.415 e. The minimum absolute atomic E-state index is 0.233. The molecule has 0 saturated heterocycles. The summed E-state index contributed by atoms with van der Waals surface area (Å²) in [5.41, 5.74) is 5.61. The van der Waals surface area contributed by atoms with Gasteiger partial charge in [0, 0.05) is 19.7 Å². The van der Waals surface area contributed by atoms with E-state index in [9.17, 15) is 0 Å². The molecule has 5 heteroatoms. The molecule has 0 fully saturated rings. The van der Waals surface area contributed by atoms with Crippen LogP contribution in [0.5, 0.6) is 0 Å². The van der Waals surface area contributed by atoms with E-state index in [0.29, 0.717) is 13.2 Å². The summed E-state index contributed by atoms with van der Waals surface area (Å²) in [6, 6.07) is 1.35. The first-order valence-corrected chi connectivity index (χ1v) is 7.18. The molecular formula is C9H23N2O2Si. The van der Waals surface area contributed by atoms with Gasteiger partial charge in [0.05, 0.1) is 13.2 Å². The summed E-state index contributed by atoms with van der Waals surface area (Å²) in [6.07, 6.45) is 0. The lowest BCUT2D eigenvalue weighted by molar-refractivity contribution is 0.146. The van der Waals surface area contributed by atoms with Crippen molar-refractivity contribution in [3.05, 3.63) is 0 Å². The molecule has 0 aliphatic rings. The van der Waals surface area contributed by atoms with Crippen molar-refractivity contribution in [3.8, 4) is 0 Å². The molecule has 0 aliphatic heterocycles. The fraction of sp³-hybridized carbons (Fsp3) is 1.00. The van der Waals surface area contributed by atoms with Gasteiger partial charge in [-0.3, -0.25) is 0 Å². The molecule has 1 radical (unpaired) electrons. The third-order valence-corrected chi connectivity index (χ3v) is 3.41. The lowest BCUT2D eigenvalue weighted by atomic mass is 10.4. The Balaban J connectivity index is 3.14. The van der Waals surface area contributed by atoms with Gasteiger partial charge in [-0.25, -0.2) is 0 Å². The zero-order chi connectivity index (χ0) is 10.8. The van der Waals surface area contributed by atoms with Crippen LogP contribution in [-0.2, 0) is 9.16 Å². The number of rotatable bonds is 9. The van der Waals surface area contributed by atoms with Gasteiger partial charge in [0.1, 0.15) is 0 Å². The zero-order valence-corrected chi connectivity index (χ0v) is 10.5. The maximum Gasteiger partial charge on any atom is 0.209 e. The fourth-order valence-electron chi connectivity index (χ4n) is 0.966. The van der Waals surface area contributed by atoms with Crippen LogP contribution in [0.3, 0.4) is 0 Å². The van der Waals surface area contributed by atoms with Crippen LogP contribution in [0.2, 0.25) is 12.6 Å². The van der Waals surface area contributed by atoms with Gasteiger partial charge in [0.25, 0.3) is 0 Å². The first-order chi connectivity index (χ1) is 6.66. The zero-order valence-electron chi connectivity index (χ0n) is 9.51. The summed E-state index contributed by atoms with van der Waals surface area (Å²) in [4.78, 5) is 0. The predicted molar refractivity (Wildman–Crippen MR) is 60.8 cm³/mol. The summed E-state index contributed by atoms with van der Waals surface area (Å²) in [5.74, 6) is 0. The lowest BCUT2D eigenvalue weighted by Crippen LogP contribution is -2.33. The number of ether oxygens (including phenoxy) is 1. The first kappa shape index (κ1) is 14.1. The third kappa shape index (κ3) is 10.1. The molecule has 4 nitrogen and oxygen atoms in total. The van der Waals surface area contributed by atoms with E-state index in [0.717, 1.165) is 19.1 Å². The quantitative estimate of drug-likeness (QED) is 0.430. The van der Waals surface area contributed by atoms with Crippen LogP contribution in [0.15, 0.2) is 0 Å². The topological polar surface area (TPSA) is 56.5 Å². The molecule has 0 aromatic rings. The van der Waals surface area contributed by atoms with Crippen molar-refractivity contribution < 1.29 is 9.16 Å². The van der Waals surface area contributed by atoms with Crippen molar-refractivity contribution in [1.82, 2.24) is 5.32 Å². The molecule has 0 aromatic heterocycles. The Morgan fingerprint density at radius 3 is 2.71 bits per heavy atom. The van der Waals surface area contributed by atoms with Gasteiger partial charge >= 0.3 is 0 Å². The van der Waals surface area contributed by atoms with Gasteiger partial charge in [-0.05, 0) is 26.1 Å². The third-order valence-electron chi connectivity index (χ3n) is 1.76. The van der Waals surface area contributed by atoms with Crippen LogP contribution in [0.4, 0.5) is 0 Å². The van der Waals surface area contributed by atoms with E-state index in [1.165, 1.54) is 0 Å². The van der Waals surface area contributed by atoms with Crippen LogP contribution >= 0.6 is 0 Å². The summed E-state index contributed by atoms with van der Waals surface area (Å²) in [7, 11) is 1.05. The Morgan fingerprint density at radius 1 is 1.43 bits per heavy atom. The second kappa shape index (κ2) is 9.61. The van der Waals surface area contributed by atoms with Crippen LogP contribution in [-0.4, -0.2) is 48.5 Å². The number of nitrogens with one attached hydrogen (secondary N) is 1. The van der Waals surface area contributed by atoms with Crippen molar-refractivity contribution in [2.45, 2.75) is 25.6 Å². The molecule has 85 valence electrons. The monoisotopic (exact) mass is 219 g/mol. The van der Waals surface area contributed by atoms with E-state index < -0.39 is 9.04 Å². The number of nitrogens with two attached hydrogens (primary N) is 1. The van der Waals surface area contributed by atoms with Gasteiger partial charge in [-0.2, -0.15) is 0 Å². The van der Waals surface area contributed by atoms with Gasteiger partial charge in [-0.15, -0.1) is 0 Å². The average molecular weight is 219 g/mol. The van der Waals surface area contributed by atoms with Crippen LogP contribution in [0, 0.1) is 0 Å². The maximum absolute atomic E-state index is 5.61. The Kier molecular flexibility index (Phi) is 9.64. The van der Waals surface area contributed by atoms with Gasteiger partial charge < -0.3 is 20.2 Å². The molecule has 0 saturated carbocycles. The highest BCUT2D eigenvalue weighted by atomic mass is 28.3. The molecule has 3 N–H and O–H groups in total. The molecule has 1 unspecified atom stereocenters. The Morgan fingerprint density at radius 2 is 2.14 bits per heavy atom. The van der Waals surface area contributed by atoms with Crippen molar-refractivity contribution >= 4 is 9.04 Å². The average Bonchev–Trinajstić information content (AvgIpc) is 2.13. The number of methoxy groups -OCH3 is 1. The van der Waals surface area contributed by atoms with Crippen molar-refractivity contribution in [1.29, 1.82) is 0 Å². The summed E-state index contributed by atoms with van der Waals surface area (Å²) in [6.45, 7) is 7.46. The highest BCUT2D eigenvalue weighted by Gasteiger charge is 2.05.